The first-order valence-corrected chi connectivity index (χ1v) is 3.81. The predicted molar refractivity (Wildman–Crippen MR) is 47.0 cm³/mol. The van der Waals surface area contributed by atoms with Crippen molar-refractivity contribution in [2.45, 2.75) is 6.54 Å². The van der Waals surface area contributed by atoms with E-state index in [9.17, 15) is 4.79 Å². The summed E-state index contributed by atoms with van der Waals surface area (Å²) in [5, 5.41) is 2.54. The fourth-order valence-corrected chi connectivity index (χ4v) is 0.734. The van der Waals surface area contributed by atoms with Gasteiger partial charge in [-0.25, -0.2) is 9.78 Å². The maximum atomic E-state index is 10.9. The van der Waals surface area contributed by atoms with Gasteiger partial charge in [0.25, 0.3) is 0 Å². The molecule has 0 saturated carbocycles. The molecule has 1 amide bonds. The molecule has 0 atom stereocenters. The summed E-state index contributed by atoms with van der Waals surface area (Å²) in [5.41, 5.74) is 0.829. The van der Waals surface area contributed by atoms with Crippen molar-refractivity contribution in [3.05, 3.63) is 30.9 Å². The fraction of sp³-hybridized carbons (Fsp3) is 0.250. The van der Waals surface area contributed by atoms with Crippen molar-refractivity contribution in [1.29, 1.82) is 0 Å². The largest absolute Gasteiger partial charge is 0.445 e. The highest BCUT2D eigenvalue weighted by molar-refractivity contribution is 5.67. The Balaban J connectivity index is 2.19. The molecule has 0 spiro atoms. The summed E-state index contributed by atoms with van der Waals surface area (Å²) in [6.45, 7) is 4.02. The number of H-pyrrole nitrogens is 1. The van der Waals surface area contributed by atoms with Gasteiger partial charge in [-0.15, -0.1) is 0 Å². The smallest absolute Gasteiger partial charge is 0.407 e. The molecule has 1 aromatic heterocycles. The highest BCUT2D eigenvalue weighted by Gasteiger charge is 2.00. The van der Waals surface area contributed by atoms with Crippen LogP contribution in [0, 0.1) is 0 Å². The van der Waals surface area contributed by atoms with E-state index in [0.717, 1.165) is 5.69 Å². The van der Waals surface area contributed by atoms with Gasteiger partial charge in [-0.2, -0.15) is 0 Å². The first-order chi connectivity index (χ1) is 6.33. The van der Waals surface area contributed by atoms with Crippen molar-refractivity contribution >= 4 is 6.09 Å². The summed E-state index contributed by atoms with van der Waals surface area (Å²) in [6.07, 6.45) is 4.23. The van der Waals surface area contributed by atoms with Crippen LogP contribution in [0.25, 0.3) is 0 Å². The predicted octanol–water partition coefficient (Wildman–Crippen LogP) is 0.822. The number of carbonyl (C=O) groups excluding carboxylic acids is 1. The lowest BCUT2D eigenvalue weighted by Gasteiger charge is -2.02. The van der Waals surface area contributed by atoms with Crippen LogP contribution in [-0.2, 0) is 11.3 Å². The van der Waals surface area contributed by atoms with Gasteiger partial charge in [-0.3, -0.25) is 0 Å². The van der Waals surface area contributed by atoms with Crippen molar-refractivity contribution < 1.29 is 9.53 Å². The Kier molecular flexibility index (Phi) is 3.56. The molecule has 0 fully saturated rings. The van der Waals surface area contributed by atoms with Gasteiger partial charge in [-0.1, -0.05) is 12.7 Å². The van der Waals surface area contributed by atoms with Crippen LogP contribution in [0.5, 0.6) is 0 Å². The SMILES string of the molecule is C=CCOC(=O)NCc1cnc[nH]1. The van der Waals surface area contributed by atoms with Gasteiger partial charge in [0.2, 0.25) is 0 Å². The molecule has 0 aromatic carbocycles. The van der Waals surface area contributed by atoms with Crippen LogP contribution in [-0.4, -0.2) is 22.7 Å². The molecule has 0 aliphatic carbocycles. The molecule has 1 heterocycles. The zero-order valence-electron chi connectivity index (χ0n) is 7.12. The second-order valence-corrected chi connectivity index (χ2v) is 2.32. The molecule has 5 nitrogen and oxygen atoms in total. The minimum atomic E-state index is -0.463. The Hall–Kier alpha value is -1.78. The Morgan fingerprint density at radius 1 is 1.85 bits per heavy atom. The van der Waals surface area contributed by atoms with Crippen molar-refractivity contribution in [2.75, 3.05) is 6.61 Å². The van der Waals surface area contributed by atoms with E-state index >= 15 is 0 Å². The lowest BCUT2D eigenvalue weighted by atomic mass is 10.5. The molecule has 0 aliphatic rings. The standard InChI is InChI=1S/C8H11N3O2/c1-2-3-13-8(12)10-5-7-4-9-6-11-7/h2,4,6H,1,3,5H2,(H,9,11)(H,10,12). The third-order valence-corrected chi connectivity index (χ3v) is 1.31. The number of carbonyl (C=O) groups is 1. The minimum Gasteiger partial charge on any atom is -0.445 e. The highest BCUT2D eigenvalue weighted by Crippen LogP contribution is 1.89. The topological polar surface area (TPSA) is 67.0 Å². The monoisotopic (exact) mass is 181 g/mol. The van der Waals surface area contributed by atoms with Crippen molar-refractivity contribution in [3.8, 4) is 0 Å². The summed E-state index contributed by atoms with van der Waals surface area (Å²) in [7, 11) is 0. The van der Waals surface area contributed by atoms with E-state index in [-0.39, 0.29) is 6.61 Å². The van der Waals surface area contributed by atoms with E-state index < -0.39 is 6.09 Å². The molecular weight excluding hydrogens is 170 g/mol. The zero-order chi connectivity index (χ0) is 9.52. The first-order valence-electron chi connectivity index (χ1n) is 3.81. The van der Waals surface area contributed by atoms with Gasteiger partial charge >= 0.3 is 6.09 Å². The number of rotatable bonds is 4. The average Bonchev–Trinajstić information content (AvgIpc) is 2.64. The van der Waals surface area contributed by atoms with Crippen LogP contribution in [0.1, 0.15) is 5.69 Å². The lowest BCUT2D eigenvalue weighted by Crippen LogP contribution is -2.23. The third kappa shape index (κ3) is 3.42. The first kappa shape index (κ1) is 9.31. The normalized spacial score (nSPS) is 9.23. The zero-order valence-corrected chi connectivity index (χ0v) is 7.12. The highest BCUT2D eigenvalue weighted by atomic mass is 16.5. The van der Waals surface area contributed by atoms with E-state index in [1.165, 1.54) is 6.08 Å². The third-order valence-electron chi connectivity index (χ3n) is 1.31. The number of imidazole rings is 1. The van der Waals surface area contributed by atoms with E-state index in [1.54, 1.807) is 12.5 Å². The van der Waals surface area contributed by atoms with Crippen molar-refractivity contribution in [3.63, 3.8) is 0 Å². The van der Waals surface area contributed by atoms with Crippen LogP contribution in [0.3, 0.4) is 0 Å². The summed E-state index contributed by atoms with van der Waals surface area (Å²) < 4.78 is 4.69. The van der Waals surface area contributed by atoms with E-state index in [0.29, 0.717) is 6.54 Å². The molecule has 70 valence electrons. The van der Waals surface area contributed by atoms with E-state index in [4.69, 9.17) is 0 Å². The lowest BCUT2D eigenvalue weighted by molar-refractivity contribution is 0.157. The molecule has 0 saturated heterocycles. The number of aromatic amines is 1. The van der Waals surface area contributed by atoms with Crippen LogP contribution in [0.2, 0.25) is 0 Å². The Labute approximate surface area is 75.8 Å². The van der Waals surface area contributed by atoms with Crippen molar-refractivity contribution in [1.82, 2.24) is 15.3 Å². The summed E-state index contributed by atoms with van der Waals surface area (Å²) in [4.78, 5) is 17.5. The van der Waals surface area contributed by atoms with Gasteiger partial charge < -0.3 is 15.0 Å². The molecule has 1 rings (SSSR count). The second kappa shape index (κ2) is 4.97. The van der Waals surface area contributed by atoms with Crippen molar-refractivity contribution in [2.24, 2.45) is 0 Å². The molecule has 0 radical (unpaired) electrons. The molecule has 0 aliphatic heterocycles. The summed E-state index contributed by atoms with van der Waals surface area (Å²) >= 11 is 0. The number of nitrogens with zero attached hydrogens (tertiary/aromatic N) is 1. The van der Waals surface area contributed by atoms with Crippen LogP contribution < -0.4 is 5.32 Å². The summed E-state index contributed by atoms with van der Waals surface area (Å²) in [6, 6.07) is 0. The van der Waals surface area contributed by atoms with Crippen LogP contribution in [0.4, 0.5) is 4.79 Å². The number of hydrogen-bond acceptors (Lipinski definition) is 3. The number of aromatic nitrogens is 2. The average molecular weight is 181 g/mol. The molecule has 13 heavy (non-hydrogen) atoms. The van der Waals surface area contributed by atoms with Crippen LogP contribution in [0.15, 0.2) is 25.2 Å². The number of nitrogens with one attached hydrogen (secondary N) is 2. The fourth-order valence-electron chi connectivity index (χ4n) is 0.734. The number of alkyl carbamates (subject to hydrolysis) is 1. The van der Waals surface area contributed by atoms with Gasteiger partial charge in [0.15, 0.2) is 0 Å². The maximum absolute atomic E-state index is 10.9. The Morgan fingerprint density at radius 2 is 2.69 bits per heavy atom. The summed E-state index contributed by atoms with van der Waals surface area (Å²) in [5.74, 6) is 0. The van der Waals surface area contributed by atoms with E-state index in [2.05, 4.69) is 26.6 Å². The Morgan fingerprint density at radius 3 is 3.31 bits per heavy atom. The van der Waals surface area contributed by atoms with Crippen LogP contribution >= 0.6 is 0 Å². The van der Waals surface area contributed by atoms with Gasteiger partial charge in [0, 0.05) is 6.20 Å². The van der Waals surface area contributed by atoms with Gasteiger partial charge in [-0.05, 0) is 0 Å². The Bertz CT molecular complexity index is 269. The molecule has 5 heteroatoms. The maximum Gasteiger partial charge on any atom is 0.407 e. The second-order valence-electron chi connectivity index (χ2n) is 2.32. The number of hydrogen-bond donors (Lipinski definition) is 2. The van der Waals surface area contributed by atoms with Gasteiger partial charge in [0.05, 0.1) is 18.6 Å². The molecule has 0 unspecified atom stereocenters. The quantitative estimate of drug-likeness (QED) is 0.676. The van der Waals surface area contributed by atoms with E-state index in [1.807, 2.05) is 0 Å². The number of amides is 1. The minimum absolute atomic E-state index is 0.217. The van der Waals surface area contributed by atoms with Gasteiger partial charge in [0.1, 0.15) is 6.61 Å². The molecular formula is C8H11N3O2. The number of ether oxygens (including phenoxy) is 1. The molecule has 1 aromatic rings. The molecule has 0 bridgehead atoms. The molecule has 2 N–H and O–H groups in total.